The molecular formula is C22H24N6O2. The molecule has 3 aliphatic heterocycles. The number of ether oxygens (including phenoxy) is 1. The van der Waals surface area contributed by atoms with Crippen LogP contribution in [0, 0.1) is 0 Å². The lowest BCUT2D eigenvalue weighted by atomic mass is 10.1. The maximum atomic E-state index is 13.3. The standard InChI is InChI=1S/C22H24N6O2/c23-8-2-10-25-20-18(3-1-9-24-20)22(29)27-13-15-4-5-16(14-27)28(15)21-17-7-12-30-19(17)6-11-26-21/h1-3,6,8-11,15-16H,4-5,7,12-14,23H2. The second-order valence-electron chi connectivity index (χ2n) is 7.75. The molecule has 0 aliphatic carbocycles. The zero-order valence-corrected chi connectivity index (χ0v) is 16.6. The molecule has 5 heterocycles. The molecule has 8 nitrogen and oxygen atoms in total. The lowest BCUT2D eigenvalue weighted by molar-refractivity contribution is 0.0718. The van der Waals surface area contributed by atoms with Crippen molar-refractivity contribution in [3.05, 3.63) is 54.0 Å². The first-order valence-corrected chi connectivity index (χ1v) is 10.3. The van der Waals surface area contributed by atoms with Gasteiger partial charge in [-0.2, -0.15) is 0 Å². The van der Waals surface area contributed by atoms with Gasteiger partial charge in [0, 0.05) is 55.8 Å². The van der Waals surface area contributed by atoms with E-state index >= 15 is 0 Å². The predicted molar refractivity (Wildman–Crippen MR) is 114 cm³/mol. The number of allylic oxidation sites excluding steroid dienone is 1. The normalized spacial score (nSPS) is 22.7. The van der Waals surface area contributed by atoms with Gasteiger partial charge in [0.25, 0.3) is 5.91 Å². The molecule has 8 heteroatoms. The van der Waals surface area contributed by atoms with Gasteiger partial charge >= 0.3 is 0 Å². The van der Waals surface area contributed by atoms with E-state index in [0.717, 1.165) is 30.8 Å². The van der Waals surface area contributed by atoms with Gasteiger partial charge in [-0.1, -0.05) is 0 Å². The van der Waals surface area contributed by atoms with Crippen LogP contribution in [0.3, 0.4) is 0 Å². The Morgan fingerprint density at radius 2 is 2.03 bits per heavy atom. The average Bonchev–Trinajstić information content (AvgIpc) is 3.35. The predicted octanol–water partition coefficient (Wildman–Crippen LogP) is 2.08. The Bertz CT molecular complexity index is 1010. The van der Waals surface area contributed by atoms with E-state index < -0.39 is 0 Å². The quantitative estimate of drug-likeness (QED) is 0.784. The maximum Gasteiger partial charge on any atom is 0.257 e. The Labute approximate surface area is 175 Å². The highest BCUT2D eigenvalue weighted by Gasteiger charge is 2.43. The van der Waals surface area contributed by atoms with Crippen molar-refractivity contribution < 1.29 is 9.53 Å². The number of amides is 1. The molecule has 2 unspecified atom stereocenters. The third-order valence-electron chi connectivity index (χ3n) is 6.02. The Kier molecular flexibility index (Phi) is 4.82. The smallest absolute Gasteiger partial charge is 0.257 e. The number of pyridine rings is 2. The van der Waals surface area contributed by atoms with Gasteiger partial charge in [0.2, 0.25) is 0 Å². The molecule has 2 aromatic rings. The third-order valence-corrected chi connectivity index (χ3v) is 6.02. The minimum atomic E-state index is -0.0295. The SMILES string of the molecule is NC=CC=Nc1ncccc1C(=O)N1CC2CCC(C1)N2c1nccc2c1CCO2. The monoisotopic (exact) mass is 404 g/mol. The van der Waals surface area contributed by atoms with E-state index in [1.807, 2.05) is 17.2 Å². The van der Waals surface area contributed by atoms with Gasteiger partial charge in [0.15, 0.2) is 5.82 Å². The minimum Gasteiger partial charge on any atom is -0.493 e. The van der Waals surface area contributed by atoms with Crippen LogP contribution in [0.15, 0.2) is 47.9 Å². The summed E-state index contributed by atoms with van der Waals surface area (Å²) >= 11 is 0. The van der Waals surface area contributed by atoms with Gasteiger partial charge in [-0.15, -0.1) is 0 Å². The number of nitrogens with zero attached hydrogens (tertiary/aromatic N) is 5. The molecule has 2 N–H and O–H groups in total. The Balaban J connectivity index is 1.38. The molecule has 154 valence electrons. The first kappa shape index (κ1) is 18.6. The van der Waals surface area contributed by atoms with Gasteiger partial charge in [0.05, 0.1) is 12.2 Å². The van der Waals surface area contributed by atoms with Crippen molar-refractivity contribution in [2.24, 2.45) is 10.7 Å². The van der Waals surface area contributed by atoms with Crippen LogP contribution in [0.2, 0.25) is 0 Å². The van der Waals surface area contributed by atoms with Crippen molar-refractivity contribution in [1.29, 1.82) is 0 Å². The van der Waals surface area contributed by atoms with Crippen LogP contribution in [0.4, 0.5) is 11.6 Å². The molecule has 5 rings (SSSR count). The summed E-state index contributed by atoms with van der Waals surface area (Å²) in [5.41, 5.74) is 7.07. The molecule has 2 fully saturated rings. The molecule has 2 saturated heterocycles. The lowest BCUT2D eigenvalue weighted by Gasteiger charge is -2.42. The number of aliphatic imine (C=N–C) groups is 1. The number of anilines is 1. The molecule has 0 saturated carbocycles. The first-order chi connectivity index (χ1) is 14.8. The number of carbonyl (C=O) groups excluding carboxylic acids is 1. The Morgan fingerprint density at radius 1 is 1.20 bits per heavy atom. The van der Waals surface area contributed by atoms with Crippen molar-refractivity contribution >= 4 is 23.8 Å². The van der Waals surface area contributed by atoms with E-state index in [1.54, 1.807) is 30.6 Å². The van der Waals surface area contributed by atoms with Gasteiger partial charge in [-0.3, -0.25) is 4.79 Å². The molecule has 2 bridgehead atoms. The van der Waals surface area contributed by atoms with Crippen LogP contribution < -0.4 is 15.4 Å². The van der Waals surface area contributed by atoms with E-state index in [4.69, 9.17) is 15.5 Å². The van der Waals surface area contributed by atoms with E-state index in [9.17, 15) is 4.79 Å². The van der Waals surface area contributed by atoms with Gasteiger partial charge in [-0.05, 0) is 43.3 Å². The summed E-state index contributed by atoms with van der Waals surface area (Å²) in [4.78, 5) is 30.9. The second-order valence-corrected chi connectivity index (χ2v) is 7.75. The zero-order valence-electron chi connectivity index (χ0n) is 16.6. The van der Waals surface area contributed by atoms with Crippen LogP contribution >= 0.6 is 0 Å². The molecule has 0 aromatic carbocycles. The van der Waals surface area contributed by atoms with Crippen molar-refractivity contribution in [3.63, 3.8) is 0 Å². The van der Waals surface area contributed by atoms with E-state index in [2.05, 4.69) is 14.9 Å². The number of rotatable bonds is 4. The van der Waals surface area contributed by atoms with Crippen LogP contribution in [0.25, 0.3) is 0 Å². The largest absolute Gasteiger partial charge is 0.493 e. The number of hydrogen-bond donors (Lipinski definition) is 1. The van der Waals surface area contributed by atoms with Crippen LogP contribution in [-0.2, 0) is 6.42 Å². The summed E-state index contributed by atoms with van der Waals surface area (Å²) in [6.45, 7) is 2.05. The molecule has 2 aromatic heterocycles. The van der Waals surface area contributed by atoms with E-state index in [-0.39, 0.29) is 18.0 Å². The average molecular weight is 404 g/mol. The summed E-state index contributed by atoms with van der Waals surface area (Å²) in [6, 6.07) is 6.02. The highest BCUT2D eigenvalue weighted by molar-refractivity contribution is 5.99. The molecule has 0 spiro atoms. The van der Waals surface area contributed by atoms with Crippen LogP contribution in [-0.4, -0.2) is 58.8 Å². The number of fused-ring (bicyclic) bond motifs is 3. The highest BCUT2D eigenvalue weighted by atomic mass is 16.5. The summed E-state index contributed by atoms with van der Waals surface area (Å²) in [5, 5.41) is 0. The number of piperazine rings is 1. The maximum absolute atomic E-state index is 13.3. The third kappa shape index (κ3) is 3.18. The van der Waals surface area contributed by atoms with E-state index in [1.165, 1.54) is 11.8 Å². The molecule has 3 aliphatic rings. The summed E-state index contributed by atoms with van der Waals surface area (Å²) in [7, 11) is 0. The zero-order chi connectivity index (χ0) is 20.5. The van der Waals surface area contributed by atoms with E-state index in [0.29, 0.717) is 31.1 Å². The lowest BCUT2D eigenvalue weighted by Crippen LogP contribution is -2.56. The number of hydrogen-bond acceptors (Lipinski definition) is 7. The topological polar surface area (TPSA) is 96.9 Å². The molecule has 0 radical (unpaired) electrons. The summed E-state index contributed by atoms with van der Waals surface area (Å²) in [6.07, 6.45) is 11.0. The first-order valence-electron chi connectivity index (χ1n) is 10.3. The highest BCUT2D eigenvalue weighted by Crippen LogP contribution is 2.40. The van der Waals surface area contributed by atoms with Crippen LogP contribution in [0.1, 0.15) is 28.8 Å². The minimum absolute atomic E-state index is 0.0295. The summed E-state index contributed by atoms with van der Waals surface area (Å²) in [5.74, 6) is 2.36. The molecule has 2 atom stereocenters. The number of nitrogens with two attached hydrogens (primary N) is 1. The fraction of sp³-hybridized carbons (Fsp3) is 0.364. The Hall–Kier alpha value is -3.42. The van der Waals surface area contributed by atoms with Gasteiger partial charge in [-0.25, -0.2) is 15.0 Å². The molecular weight excluding hydrogens is 380 g/mol. The number of carbonyl (C=O) groups is 1. The van der Waals surface area contributed by atoms with Crippen molar-refractivity contribution in [3.8, 4) is 5.75 Å². The fourth-order valence-corrected chi connectivity index (χ4v) is 4.74. The molecule has 30 heavy (non-hydrogen) atoms. The summed E-state index contributed by atoms with van der Waals surface area (Å²) < 4.78 is 5.73. The van der Waals surface area contributed by atoms with Crippen molar-refractivity contribution in [2.75, 3.05) is 24.6 Å². The molecule has 1 amide bonds. The second kappa shape index (κ2) is 7.78. The number of aromatic nitrogens is 2. The van der Waals surface area contributed by atoms with Crippen molar-refractivity contribution in [1.82, 2.24) is 14.9 Å². The number of likely N-dealkylation sites (tertiary alicyclic amines) is 1. The Morgan fingerprint density at radius 3 is 2.83 bits per heavy atom. The van der Waals surface area contributed by atoms with Gasteiger partial charge in [0.1, 0.15) is 11.6 Å². The fourth-order valence-electron chi connectivity index (χ4n) is 4.74. The van der Waals surface area contributed by atoms with Crippen LogP contribution in [0.5, 0.6) is 5.75 Å². The van der Waals surface area contributed by atoms with Gasteiger partial charge < -0.3 is 20.3 Å². The van der Waals surface area contributed by atoms with Crippen molar-refractivity contribution in [2.45, 2.75) is 31.3 Å².